The number of hydrogen-bond donors (Lipinski definition) is 1. The Morgan fingerprint density at radius 3 is 2.21 bits per heavy atom. The van der Waals surface area contributed by atoms with Crippen molar-refractivity contribution in [3.8, 4) is 5.75 Å². The number of amides is 3. The summed E-state index contributed by atoms with van der Waals surface area (Å²) in [6.45, 7) is 6.09. The van der Waals surface area contributed by atoms with Crippen molar-refractivity contribution in [3.63, 3.8) is 0 Å². The van der Waals surface area contributed by atoms with Gasteiger partial charge in [-0.15, -0.1) is 0 Å². The molecule has 0 aromatic heterocycles. The van der Waals surface area contributed by atoms with Gasteiger partial charge in [-0.2, -0.15) is 0 Å². The second-order valence-corrected chi connectivity index (χ2v) is 7.08. The van der Waals surface area contributed by atoms with Crippen LogP contribution >= 0.6 is 0 Å². The standard InChI is InChI=1S/C18H25N3O3/c1-13(2)21-16(23)18(19(3)17(21)24)8-10-20(11-9-18)12-14-4-6-15(22)7-5-14/h4-7,13,22H,8-12H2,1-3H3. The van der Waals surface area contributed by atoms with E-state index in [2.05, 4.69) is 4.90 Å². The summed E-state index contributed by atoms with van der Waals surface area (Å²) in [4.78, 5) is 30.6. The van der Waals surface area contributed by atoms with E-state index in [-0.39, 0.29) is 23.7 Å². The van der Waals surface area contributed by atoms with Gasteiger partial charge < -0.3 is 10.0 Å². The number of urea groups is 1. The Labute approximate surface area is 142 Å². The number of imide groups is 1. The minimum absolute atomic E-state index is 0.0470. The molecule has 0 atom stereocenters. The van der Waals surface area contributed by atoms with E-state index >= 15 is 0 Å². The number of hydrogen-bond acceptors (Lipinski definition) is 4. The number of carbonyl (C=O) groups excluding carboxylic acids is 2. The summed E-state index contributed by atoms with van der Waals surface area (Å²) >= 11 is 0. The van der Waals surface area contributed by atoms with Crippen molar-refractivity contribution in [1.82, 2.24) is 14.7 Å². The Balaban J connectivity index is 1.69. The lowest BCUT2D eigenvalue weighted by Gasteiger charge is -2.40. The predicted octanol–water partition coefficient (Wildman–Crippen LogP) is 2.03. The van der Waals surface area contributed by atoms with E-state index in [1.165, 1.54) is 4.90 Å². The molecule has 1 aromatic rings. The van der Waals surface area contributed by atoms with Gasteiger partial charge in [0.2, 0.25) is 0 Å². The maximum atomic E-state index is 12.9. The molecule has 2 heterocycles. The lowest BCUT2D eigenvalue weighted by molar-refractivity contribution is -0.136. The van der Waals surface area contributed by atoms with Gasteiger partial charge in [0.05, 0.1) is 0 Å². The molecule has 6 nitrogen and oxygen atoms in total. The third-order valence-corrected chi connectivity index (χ3v) is 5.29. The number of phenolic OH excluding ortho intramolecular Hbond substituents is 1. The van der Waals surface area contributed by atoms with Gasteiger partial charge in [0, 0.05) is 32.7 Å². The maximum Gasteiger partial charge on any atom is 0.327 e. The van der Waals surface area contributed by atoms with E-state index in [1.54, 1.807) is 24.1 Å². The molecule has 6 heteroatoms. The smallest absolute Gasteiger partial charge is 0.327 e. The molecule has 1 aromatic carbocycles. The summed E-state index contributed by atoms with van der Waals surface area (Å²) in [7, 11) is 1.75. The highest BCUT2D eigenvalue weighted by Crippen LogP contribution is 2.37. The van der Waals surface area contributed by atoms with Crippen molar-refractivity contribution in [2.45, 2.75) is 44.8 Å². The lowest BCUT2D eigenvalue weighted by atomic mass is 9.86. The number of carbonyl (C=O) groups is 2. The quantitative estimate of drug-likeness (QED) is 0.861. The van der Waals surface area contributed by atoms with Crippen LogP contribution in [0.5, 0.6) is 5.75 Å². The minimum atomic E-state index is -0.674. The van der Waals surface area contributed by atoms with E-state index in [4.69, 9.17) is 0 Å². The zero-order chi connectivity index (χ0) is 17.5. The second kappa shape index (κ2) is 6.09. The van der Waals surface area contributed by atoms with Gasteiger partial charge in [0.15, 0.2) is 0 Å². The second-order valence-electron chi connectivity index (χ2n) is 7.08. The zero-order valence-corrected chi connectivity index (χ0v) is 14.5. The molecule has 24 heavy (non-hydrogen) atoms. The number of nitrogens with zero attached hydrogens (tertiary/aromatic N) is 3. The fraction of sp³-hybridized carbons (Fsp3) is 0.556. The monoisotopic (exact) mass is 331 g/mol. The highest BCUT2D eigenvalue weighted by atomic mass is 16.3. The van der Waals surface area contributed by atoms with Gasteiger partial charge in [-0.3, -0.25) is 14.6 Å². The van der Waals surface area contributed by atoms with Crippen LogP contribution in [-0.2, 0) is 11.3 Å². The Hall–Kier alpha value is -2.08. The van der Waals surface area contributed by atoms with Crippen molar-refractivity contribution >= 4 is 11.9 Å². The Bertz CT molecular complexity index is 633. The molecule has 0 radical (unpaired) electrons. The van der Waals surface area contributed by atoms with Gasteiger partial charge in [-0.25, -0.2) is 4.79 Å². The molecule has 2 aliphatic rings. The highest BCUT2D eigenvalue weighted by Gasteiger charge is 2.56. The predicted molar refractivity (Wildman–Crippen MR) is 90.5 cm³/mol. The molecule has 1 N–H and O–H groups in total. The summed E-state index contributed by atoms with van der Waals surface area (Å²) < 4.78 is 0. The lowest BCUT2D eigenvalue weighted by Crippen LogP contribution is -2.55. The first-order chi connectivity index (χ1) is 11.3. The average Bonchev–Trinajstić information content (AvgIpc) is 2.73. The summed E-state index contributed by atoms with van der Waals surface area (Å²) in [5, 5.41) is 9.36. The van der Waals surface area contributed by atoms with Crippen molar-refractivity contribution in [1.29, 1.82) is 0 Å². The van der Waals surface area contributed by atoms with E-state index < -0.39 is 5.54 Å². The van der Waals surface area contributed by atoms with E-state index in [9.17, 15) is 14.7 Å². The molecule has 130 valence electrons. The number of phenols is 1. The number of likely N-dealkylation sites (tertiary alicyclic amines) is 1. The largest absolute Gasteiger partial charge is 0.508 e. The SMILES string of the molecule is CC(C)N1C(=O)N(C)C2(CCN(Cc3ccc(O)cc3)CC2)C1=O. The van der Waals surface area contributed by atoms with Crippen LogP contribution in [0.15, 0.2) is 24.3 Å². The molecule has 0 aliphatic carbocycles. The number of aromatic hydroxyl groups is 1. The molecule has 3 amide bonds. The fourth-order valence-electron chi connectivity index (χ4n) is 3.74. The Kier molecular flexibility index (Phi) is 4.25. The number of rotatable bonds is 3. The van der Waals surface area contributed by atoms with Crippen LogP contribution in [0.3, 0.4) is 0 Å². The topological polar surface area (TPSA) is 64.1 Å². The number of piperidine rings is 1. The normalized spacial score (nSPS) is 21.3. The van der Waals surface area contributed by atoms with Crippen molar-refractivity contribution in [2.24, 2.45) is 0 Å². The molecular weight excluding hydrogens is 306 g/mol. The molecule has 0 saturated carbocycles. The summed E-state index contributed by atoms with van der Waals surface area (Å²) in [6.07, 6.45) is 1.32. The zero-order valence-electron chi connectivity index (χ0n) is 14.5. The van der Waals surface area contributed by atoms with Gasteiger partial charge in [-0.1, -0.05) is 12.1 Å². The first-order valence-electron chi connectivity index (χ1n) is 8.47. The molecular formula is C18H25N3O3. The molecule has 1 spiro atoms. The van der Waals surface area contributed by atoms with Crippen molar-refractivity contribution < 1.29 is 14.7 Å². The molecule has 3 rings (SSSR count). The van der Waals surface area contributed by atoms with E-state index in [0.717, 1.165) is 25.2 Å². The summed E-state index contributed by atoms with van der Waals surface area (Å²) in [5.41, 5.74) is 0.460. The van der Waals surface area contributed by atoms with Crippen LogP contribution in [-0.4, -0.2) is 63.5 Å². The van der Waals surface area contributed by atoms with Crippen molar-refractivity contribution in [3.05, 3.63) is 29.8 Å². The van der Waals surface area contributed by atoms with E-state index in [1.807, 2.05) is 26.0 Å². The van der Waals surface area contributed by atoms with Gasteiger partial charge >= 0.3 is 6.03 Å². The van der Waals surface area contributed by atoms with Crippen LogP contribution in [0.25, 0.3) is 0 Å². The molecule has 0 unspecified atom stereocenters. The Morgan fingerprint density at radius 1 is 1.12 bits per heavy atom. The summed E-state index contributed by atoms with van der Waals surface area (Å²) in [6, 6.07) is 6.92. The Morgan fingerprint density at radius 2 is 1.71 bits per heavy atom. The molecule has 2 fully saturated rings. The van der Waals surface area contributed by atoms with Gasteiger partial charge in [0.1, 0.15) is 11.3 Å². The summed E-state index contributed by atoms with van der Waals surface area (Å²) in [5.74, 6) is 0.219. The highest BCUT2D eigenvalue weighted by molar-refractivity contribution is 6.07. The van der Waals surface area contributed by atoms with Crippen LogP contribution in [0.2, 0.25) is 0 Å². The third-order valence-electron chi connectivity index (χ3n) is 5.29. The van der Waals surface area contributed by atoms with E-state index in [0.29, 0.717) is 12.8 Å². The van der Waals surface area contributed by atoms with Gasteiger partial charge in [0.25, 0.3) is 5.91 Å². The molecule has 2 saturated heterocycles. The number of likely N-dealkylation sites (N-methyl/N-ethyl adjacent to an activating group) is 1. The minimum Gasteiger partial charge on any atom is -0.508 e. The molecule has 2 aliphatic heterocycles. The fourth-order valence-corrected chi connectivity index (χ4v) is 3.74. The first-order valence-corrected chi connectivity index (χ1v) is 8.47. The third kappa shape index (κ3) is 2.65. The van der Waals surface area contributed by atoms with Crippen LogP contribution in [0.1, 0.15) is 32.3 Å². The average molecular weight is 331 g/mol. The first kappa shape index (κ1) is 16.8. The van der Waals surface area contributed by atoms with Crippen LogP contribution in [0.4, 0.5) is 4.79 Å². The maximum absolute atomic E-state index is 12.9. The van der Waals surface area contributed by atoms with Gasteiger partial charge in [-0.05, 0) is 44.4 Å². The van der Waals surface area contributed by atoms with Crippen LogP contribution < -0.4 is 0 Å². The van der Waals surface area contributed by atoms with Crippen LogP contribution in [0, 0.1) is 0 Å². The molecule has 0 bridgehead atoms. The van der Waals surface area contributed by atoms with Crippen molar-refractivity contribution in [2.75, 3.05) is 20.1 Å². The number of benzene rings is 1.